The Morgan fingerprint density at radius 3 is 3.04 bits per heavy atom. The van der Waals surface area contributed by atoms with Crippen molar-refractivity contribution in [2.45, 2.75) is 63.6 Å². The molecule has 0 unspecified atom stereocenters. The Balaban J connectivity index is 1.23. The number of aryl methyl sites for hydroxylation is 1. The molecule has 4 aliphatic rings. The first-order valence-corrected chi connectivity index (χ1v) is 10.6. The monoisotopic (exact) mass is 370 g/mol. The zero-order valence-electron chi connectivity index (χ0n) is 16.2. The van der Waals surface area contributed by atoms with Crippen LogP contribution in [0.3, 0.4) is 0 Å². The minimum absolute atomic E-state index is 0.0569. The third kappa shape index (κ3) is 3.12. The van der Waals surface area contributed by atoms with E-state index in [0.717, 1.165) is 44.1 Å². The third-order valence-corrected chi connectivity index (χ3v) is 7.33. The second-order valence-electron chi connectivity index (χ2n) is 9.07. The topological polar surface area (TPSA) is 67.4 Å². The van der Waals surface area contributed by atoms with E-state index in [-0.39, 0.29) is 11.5 Å². The van der Waals surface area contributed by atoms with Crippen molar-refractivity contribution in [3.05, 3.63) is 18.0 Å². The Hall–Kier alpha value is -1.69. The first kappa shape index (κ1) is 17.4. The van der Waals surface area contributed by atoms with Crippen molar-refractivity contribution < 1.29 is 9.53 Å². The molecule has 3 saturated heterocycles. The van der Waals surface area contributed by atoms with Gasteiger partial charge in [-0.3, -0.25) is 4.79 Å². The fourth-order valence-corrected chi connectivity index (χ4v) is 5.98. The van der Waals surface area contributed by atoms with Crippen LogP contribution in [0.1, 0.15) is 50.6 Å². The molecule has 1 amide bonds. The minimum atomic E-state index is -0.0569. The molecule has 4 atom stereocenters. The lowest BCUT2D eigenvalue weighted by molar-refractivity contribution is -0.122. The molecule has 4 heterocycles. The number of aromatic nitrogens is 2. The van der Waals surface area contributed by atoms with Crippen LogP contribution in [0.15, 0.2) is 12.3 Å². The van der Waals surface area contributed by atoms with Gasteiger partial charge in [0.25, 0.3) is 0 Å². The fourth-order valence-electron chi connectivity index (χ4n) is 5.98. The molecule has 1 aromatic rings. The molecule has 3 aliphatic heterocycles. The fraction of sp³-hybridized carbons (Fsp3) is 0.762. The Labute approximate surface area is 161 Å². The number of amides is 1. The van der Waals surface area contributed by atoms with E-state index in [9.17, 15) is 4.79 Å². The minimum Gasteiger partial charge on any atom is -0.369 e. The van der Waals surface area contributed by atoms with E-state index in [1.54, 1.807) is 0 Å². The van der Waals surface area contributed by atoms with Gasteiger partial charge in [-0.2, -0.15) is 0 Å². The normalized spacial score (nSPS) is 35.0. The molecular formula is C21H30N4O2. The average Bonchev–Trinajstić information content (AvgIpc) is 3.41. The summed E-state index contributed by atoms with van der Waals surface area (Å²) >= 11 is 0. The molecule has 6 heteroatoms. The average molecular weight is 370 g/mol. The van der Waals surface area contributed by atoms with E-state index >= 15 is 0 Å². The van der Waals surface area contributed by atoms with Crippen molar-refractivity contribution in [1.82, 2.24) is 15.3 Å². The van der Waals surface area contributed by atoms with E-state index < -0.39 is 0 Å². The number of carbonyl (C=O) groups is 1. The number of ether oxygens (including phenoxy) is 1. The number of anilines is 1. The van der Waals surface area contributed by atoms with E-state index in [1.165, 1.54) is 25.7 Å². The summed E-state index contributed by atoms with van der Waals surface area (Å²) in [6.07, 6.45) is 10.1. The highest BCUT2D eigenvalue weighted by molar-refractivity contribution is 5.76. The van der Waals surface area contributed by atoms with E-state index in [4.69, 9.17) is 4.74 Å². The first-order valence-electron chi connectivity index (χ1n) is 10.6. The quantitative estimate of drug-likeness (QED) is 0.862. The summed E-state index contributed by atoms with van der Waals surface area (Å²) in [4.78, 5) is 23.8. The maximum atomic E-state index is 12.4. The van der Waals surface area contributed by atoms with Gasteiger partial charge in [0.2, 0.25) is 11.9 Å². The number of carbonyl (C=O) groups excluding carboxylic acids is 1. The number of nitrogens with zero attached hydrogens (tertiary/aromatic N) is 3. The smallest absolute Gasteiger partial charge is 0.225 e. The lowest BCUT2D eigenvalue weighted by Crippen LogP contribution is -2.42. The van der Waals surface area contributed by atoms with Gasteiger partial charge in [0.15, 0.2) is 0 Å². The van der Waals surface area contributed by atoms with Gasteiger partial charge in [0.05, 0.1) is 18.2 Å². The van der Waals surface area contributed by atoms with Gasteiger partial charge in [0.1, 0.15) is 0 Å². The third-order valence-electron chi connectivity index (χ3n) is 7.33. The van der Waals surface area contributed by atoms with Crippen LogP contribution in [-0.4, -0.2) is 47.2 Å². The SMILES string of the molecule is Cc1ccnc(N2C[C@@H]3[C@H](CNC(=O)CC4CCCC4)[C@H]4CC[C@]3(C2)O4)n1. The van der Waals surface area contributed by atoms with Crippen LogP contribution in [0, 0.1) is 24.7 Å². The van der Waals surface area contributed by atoms with Gasteiger partial charge >= 0.3 is 0 Å². The van der Waals surface area contributed by atoms with Crippen LogP contribution in [0.4, 0.5) is 5.95 Å². The van der Waals surface area contributed by atoms with Gasteiger partial charge in [-0.05, 0) is 44.6 Å². The molecule has 6 nitrogen and oxygen atoms in total. The molecule has 4 fully saturated rings. The number of rotatable bonds is 5. The molecule has 5 rings (SSSR count). The highest BCUT2D eigenvalue weighted by Gasteiger charge is 2.63. The molecule has 1 aromatic heterocycles. The number of fused-ring (bicyclic) bond motifs is 1. The van der Waals surface area contributed by atoms with Gasteiger partial charge in [0, 0.05) is 43.2 Å². The van der Waals surface area contributed by atoms with E-state index in [0.29, 0.717) is 30.3 Å². The van der Waals surface area contributed by atoms with Crippen LogP contribution in [0.2, 0.25) is 0 Å². The molecule has 27 heavy (non-hydrogen) atoms. The Kier molecular flexibility index (Phi) is 4.34. The predicted molar refractivity (Wildman–Crippen MR) is 102 cm³/mol. The predicted octanol–water partition coefficient (Wildman–Crippen LogP) is 2.47. The summed E-state index contributed by atoms with van der Waals surface area (Å²) in [6, 6.07) is 1.93. The maximum Gasteiger partial charge on any atom is 0.225 e. The highest BCUT2D eigenvalue weighted by Crippen LogP contribution is 2.54. The second kappa shape index (κ2) is 6.73. The summed E-state index contributed by atoms with van der Waals surface area (Å²) in [5, 5.41) is 3.24. The summed E-state index contributed by atoms with van der Waals surface area (Å²) in [5.74, 6) is 2.53. The van der Waals surface area contributed by atoms with Crippen LogP contribution >= 0.6 is 0 Å². The lowest BCUT2D eigenvalue weighted by Gasteiger charge is -2.29. The van der Waals surface area contributed by atoms with Crippen molar-refractivity contribution in [2.75, 3.05) is 24.5 Å². The maximum absolute atomic E-state index is 12.4. The van der Waals surface area contributed by atoms with Crippen molar-refractivity contribution in [3.8, 4) is 0 Å². The molecular weight excluding hydrogens is 340 g/mol. The number of hydrogen-bond donors (Lipinski definition) is 1. The highest BCUT2D eigenvalue weighted by atomic mass is 16.5. The summed E-state index contributed by atoms with van der Waals surface area (Å²) in [7, 11) is 0. The zero-order chi connectivity index (χ0) is 18.4. The van der Waals surface area contributed by atoms with E-state index in [1.807, 2.05) is 19.2 Å². The molecule has 1 spiro atoms. The molecule has 1 aliphatic carbocycles. The zero-order valence-corrected chi connectivity index (χ0v) is 16.2. The van der Waals surface area contributed by atoms with Crippen molar-refractivity contribution in [1.29, 1.82) is 0 Å². The number of nitrogens with one attached hydrogen (secondary N) is 1. The summed E-state index contributed by atoms with van der Waals surface area (Å²) in [5.41, 5.74) is 0.939. The van der Waals surface area contributed by atoms with E-state index in [2.05, 4.69) is 20.2 Å². The van der Waals surface area contributed by atoms with Crippen molar-refractivity contribution >= 4 is 11.9 Å². The number of hydrogen-bond acceptors (Lipinski definition) is 5. The van der Waals surface area contributed by atoms with Gasteiger partial charge in [-0.15, -0.1) is 0 Å². The standard InChI is InChI=1S/C21H30N4O2/c1-14-7-9-22-20(24-14)25-12-17-16(18-6-8-21(17,13-25)27-18)11-23-19(26)10-15-4-2-3-5-15/h7,9,15-18H,2-6,8,10-13H2,1H3,(H,23,26)/t16-,17+,18+,21+/m0/s1. The second-order valence-corrected chi connectivity index (χ2v) is 9.07. The van der Waals surface area contributed by atoms with Crippen LogP contribution < -0.4 is 10.2 Å². The largest absolute Gasteiger partial charge is 0.369 e. The Morgan fingerprint density at radius 1 is 1.37 bits per heavy atom. The Bertz CT molecular complexity index is 720. The molecule has 146 valence electrons. The van der Waals surface area contributed by atoms with Crippen molar-refractivity contribution in [2.24, 2.45) is 17.8 Å². The van der Waals surface area contributed by atoms with Gasteiger partial charge in [-0.1, -0.05) is 12.8 Å². The molecule has 0 aromatic carbocycles. The van der Waals surface area contributed by atoms with Crippen LogP contribution in [0.5, 0.6) is 0 Å². The molecule has 1 saturated carbocycles. The first-order chi connectivity index (χ1) is 13.1. The van der Waals surface area contributed by atoms with Crippen LogP contribution in [0.25, 0.3) is 0 Å². The Morgan fingerprint density at radius 2 is 2.22 bits per heavy atom. The van der Waals surface area contributed by atoms with Gasteiger partial charge in [-0.25, -0.2) is 9.97 Å². The summed E-state index contributed by atoms with van der Waals surface area (Å²) in [6.45, 7) is 4.57. The molecule has 2 bridgehead atoms. The molecule has 1 N–H and O–H groups in total. The lowest BCUT2D eigenvalue weighted by atomic mass is 9.73. The van der Waals surface area contributed by atoms with Gasteiger partial charge < -0.3 is 15.0 Å². The summed E-state index contributed by atoms with van der Waals surface area (Å²) < 4.78 is 6.50. The van der Waals surface area contributed by atoms with Crippen molar-refractivity contribution in [3.63, 3.8) is 0 Å². The molecule has 0 radical (unpaired) electrons. The van der Waals surface area contributed by atoms with Crippen LogP contribution in [-0.2, 0) is 9.53 Å².